The molecule has 18 heavy (non-hydrogen) atoms. The first-order valence-corrected chi connectivity index (χ1v) is 7.89. The van der Waals surface area contributed by atoms with E-state index in [9.17, 15) is 8.42 Å². The summed E-state index contributed by atoms with van der Waals surface area (Å²) in [5.74, 6) is 0.428. The molecule has 0 heterocycles. The minimum atomic E-state index is -3.49. The fraction of sp³-hybridized carbons (Fsp3) is 0.538. The highest BCUT2D eigenvalue weighted by molar-refractivity contribution is 7.89. The number of primary sulfonamides is 1. The van der Waals surface area contributed by atoms with Gasteiger partial charge in [0.25, 0.3) is 0 Å². The number of rotatable bonds is 7. The Morgan fingerprint density at radius 1 is 1.28 bits per heavy atom. The van der Waals surface area contributed by atoms with Crippen molar-refractivity contribution in [1.82, 2.24) is 0 Å². The van der Waals surface area contributed by atoms with Crippen molar-refractivity contribution in [2.45, 2.75) is 18.8 Å². The van der Waals surface area contributed by atoms with E-state index in [1.165, 1.54) is 12.8 Å². The number of ether oxygens (including phenoxy) is 1. The monoisotopic (exact) mass is 269 g/mol. The second-order valence-electron chi connectivity index (χ2n) is 4.92. The topological polar surface area (TPSA) is 69.4 Å². The fourth-order valence-electron chi connectivity index (χ4n) is 1.91. The molecule has 1 aromatic rings. The lowest BCUT2D eigenvalue weighted by molar-refractivity contribution is 0.115. The first-order chi connectivity index (χ1) is 8.54. The van der Waals surface area contributed by atoms with E-state index in [2.05, 4.69) is 0 Å². The van der Waals surface area contributed by atoms with E-state index < -0.39 is 10.0 Å². The van der Waals surface area contributed by atoms with Gasteiger partial charge in [-0.3, -0.25) is 0 Å². The van der Waals surface area contributed by atoms with E-state index in [1.807, 2.05) is 30.3 Å². The van der Waals surface area contributed by atoms with Crippen molar-refractivity contribution in [3.05, 3.63) is 35.9 Å². The van der Waals surface area contributed by atoms with Gasteiger partial charge in [0.1, 0.15) is 0 Å². The molecular weight excluding hydrogens is 250 g/mol. The van der Waals surface area contributed by atoms with Crippen LogP contribution in [-0.4, -0.2) is 27.4 Å². The molecule has 1 aromatic carbocycles. The fourth-order valence-corrected chi connectivity index (χ4v) is 2.76. The second kappa shape index (κ2) is 5.82. The van der Waals surface area contributed by atoms with E-state index in [0.29, 0.717) is 12.5 Å². The third kappa shape index (κ3) is 4.76. The van der Waals surface area contributed by atoms with Crippen LogP contribution in [-0.2, 0) is 14.8 Å². The van der Waals surface area contributed by atoms with Crippen LogP contribution in [0.3, 0.4) is 0 Å². The van der Waals surface area contributed by atoms with E-state index in [4.69, 9.17) is 9.88 Å². The first kappa shape index (κ1) is 13.5. The average Bonchev–Trinajstić information content (AvgIpc) is 3.11. The Bertz CT molecular complexity index is 468. The lowest BCUT2D eigenvalue weighted by atomic mass is 10.0. The van der Waals surface area contributed by atoms with Crippen molar-refractivity contribution in [2.24, 2.45) is 11.1 Å². The van der Waals surface area contributed by atoms with Gasteiger partial charge in [-0.15, -0.1) is 0 Å². The quantitative estimate of drug-likeness (QED) is 0.815. The zero-order valence-corrected chi connectivity index (χ0v) is 11.1. The van der Waals surface area contributed by atoms with Gasteiger partial charge in [0.15, 0.2) is 0 Å². The largest absolute Gasteiger partial charge is 0.380 e. The summed E-state index contributed by atoms with van der Waals surface area (Å²) in [6.45, 7) is 1.14. The molecule has 1 aliphatic rings. The highest BCUT2D eigenvalue weighted by Gasteiger charge is 2.23. The van der Waals surface area contributed by atoms with Gasteiger partial charge in [0.2, 0.25) is 10.0 Å². The number of sulfonamides is 1. The Balaban J connectivity index is 1.97. The molecule has 2 rings (SSSR count). The molecule has 1 saturated carbocycles. The Kier molecular flexibility index (Phi) is 4.37. The van der Waals surface area contributed by atoms with Crippen LogP contribution in [0.1, 0.15) is 24.3 Å². The van der Waals surface area contributed by atoms with Crippen LogP contribution < -0.4 is 5.14 Å². The lowest BCUT2D eigenvalue weighted by Crippen LogP contribution is -2.25. The molecule has 0 radical (unpaired) electrons. The van der Waals surface area contributed by atoms with Crippen LogP contribution in [0, 0.1) is 5.92 Å². The van der Waals surface area contributed by atoms with Gasteiger partial charge in [-0.1, -0.05) is 30.3 Å². The molecule has 0 spiro atoms. The van der Waals surface area contributed by atoms with Crippen LogP contribution >= 0.6 is 0 Å². The molecule has 1 atom stereocenters. The maximum atomic E-state index is 11.2. The van der Waals surface area contributed by atoms with Crippen LogP contribution in [0.4, 0.5) is 0 Å². The number of hydrogen-bond acceptors (Lipinski definition) is 3. The molecule has 0 aliphatic heterocycles. The summed E-state index contributed by atoms with van der Waals surface area (Å²) in [7, 11) is -3.49. The summed E-state index contributed by atoms with van der Waals surface area (Å²) >= 11 is 0. The number of nitrogens with two attached hydrogens (primary N) is 1. The Morgan fingerprint density at radius 2 is 1.94 bits per heavy atom. The average molecular weight is 269 g/mol. The zero-order chi connectivity index (χ0) is 13.0. The summed E-state index contributed by atoms with van der Waals surface area (Å²) in [5, 5.41) is 5.13. The van der Waals surface area contributed by atoms with Gasteiger partial charge in [-0.2, -0.15) is 0 Å². The predicted molar refractivity (Wildman–Crippen MR) is 70.7 cm³/mol. The van der Waals surface area contributed by atoms with Crippen LogP contribution in [0.25, 0.3) is 0 Å². The summed E-state index contributed by atoms with van der Waals surface area (Å²) in [5.41, 5.74) is 0.960. The van der Waals surface area contributed by atoms with Gasteiger partial charge < -0.3 is 4.74 Å². The van der Waals surface area contributed by atoms with Crippen molar-refractivity contribution in [1.29, 1.82) is 0 Å². The molecule has 100 valence electrons. The van der Waals surface area contributed by atoms with Gasteiger partial charge in [0, 0.05) is 12.5 Å². The van der Waals surface area contributed by atoms with Crippen molar-refractivity contribution in [3.8, 4) is 0 Å². The SMILES string of the molecule is NS(=O)(=O)CC(COCC1CC1)c1ccccc1. The molecule has 0 bridgehead atoms. The predicted octanol–water partition coefficient (Wildman–Crippen LogP) is 1.49. The lowest BCUT2D eigenvalue weighted by Gasteiger charge is -2.16. The molecule has 0 aromatic heterocycles. The van der Waals surface area contributed by atoms with Gasteiger partial charge in [-0.25, -0.2) is 13.6 Å². The molecule has 1 unspecified atom stereocenters. The third-order valence-corrected chi connectivity index (χ3v) is 3.94. The minimum Gasteiger partial charge on any atom is -0.380 e. The molecule has 2 N–H and O–H groups in total. The van der Waals surface area contributed by atoms with E-state index in [0.717, 1.165) is 12.2 Å². The summed E-state index contributed by atoms with van der Waals surface area (Å²) in [4.78, 5) is 0. The molecule has 5 heteroatoms. The van der Waals surface area contributed by atoms with Gasteiger partial charge in [0.05, 0.1) is 12.4 Å². The highest BCUT2D eigenvalue weighted by Crippen LogP contribution is 2.29. The van der Waals surface area contributed by atoms with E-state index in [-0.39, 0.29) is 11.7 Å². The maximum Gasteiger partial charge on any atom is 0.209 e. The van der Waals surface area contributed by atoms with Crippen molar-refractivity contribution in [2.75, 3.05) is 19.0 Å². The Hall–Kier alpha value is -0.910. The normalized spacial score (nSPS) is 17.6. The molecule has 4 nitrogen and oxygen atoms in total. The summed E-state index contributed by atoms with van der Waals surface area (Å²) in [6, 6.07) is 9.52. The second-order valence-corrected chi connectivity index (χ2v) is 6.58. The van der Waals surface area contributed by atoms with Crippen molar-refractivity contribution < 1.29 is 13.2 Å². The van der Waals surface area contributed by atoms with Crippen LogP contribution in [0.5, 0.6) is 0 Å². The molecule has 0 amide bonds. The number of benzene rings is 1. The molecular formula is C13H19NO3S. The maximum absolute atomic E-state index is 11.2. The van der Waals surface area contributed by atoms with E-state index in [1.54, 1.807) is 0 Å². The van der Waals surface area contributed by atoms with E-state index >= 15 is 0 Å². The smallest absolute Gasteiger partial charge is 0.209 e. The molecule has 1 aliphatic carbocycles. The molecule has 1 fully saturated rings. The Morgan fingerprint density at radius 3 is 2.50 bits per heavy atom. The Labute approximate surface area is 108 Å². The minimum absolute atomic E-state index is 0.0678. The summed E-state index contributed by atoms with van der Waals surface area (Å²) < 4.78 is 28.1. The molecule has 0 saturated heterocycles. The van der Waals surface area contributed by atoms with Crippen molar-refractivity contribution in [3.63, 3.8) is 0 Å². The van der Waals surface area contributed by atoms with Crippen LogP contribution in [0.2, 0.25) is 0 Å². The zero-order valence-electron chi connectivity index (χ0n) is 10.3. The van der Waals surface area contributed by atoms with Gasteiger partial charge in [-0.05, 0) is 24.3 Å². The number of hydrogen-bond donors (Lipinski definition) is 1. The third-order valence-electron chi connectivity index (χ3n) is 3.07. The summed E-state index contributed by atoms with van der Waals surface area (Å²) in [6.07, 6.45) is 2.45. The van der Waals surface area contributed by atoms with Crippen molar-refractivity contribution >= 4 is 10.0 Å². The standard InChI is InChI=1S/C13H19NO3S/c14-18(15,16)10-13(9-17-8-11-6-7-11)12-4-2-1-3-5-12/h1-5,11,13H,6-10H2,(H2,14,15,16). The highest BCUT2D eigenvalue weighted by atomic mass is 32.2. The van der Waals surface area contributed by atoms with Crippen LogP contribution in [0.15, 0.2) is 30.3 Å². The van der Waals surface area contributed by atoms with Gasteiger partial charge >= 0.3 is 0 Å². The first-order valence-electron chi connectivity index (χ1n) is 6.18.